The average molecular weight is 242 g/mol. The molecule has 5 nitrogen and oxygen atoms in total. The monoisotopic (exact) mass is 242 g/mol. The molecule has 5 heteroatoms. The van der Waals surface area contributed by atoms with Gasteiger partial charge in [-0.15, -0.1) is 0 Å². The van der Waals surface area contributed by atoms with Crippen LogP contribution in [0.15, 0.2) is 0 Å². The van der Waals surface area contributed by atoms with Crippen molar-refractivity contribution in [3.8, 4) is 0 Å². The van der Waals surface area contributed by atoms with E-state index in [1.165, 1.54) is 0 Å². The molecule has 0 heterocycles. The van der Waals surface area contributed by atoms with Crippen molar-refractivity contribution in [2.45, 2.75) is 51.6 Å². The quantitative estimate of drug-likeness (QED) is 0.640. The number of rotatable bonds is 6. The third-order valence-electron chi connectivity index (χ3n) is 3.78. The van der Waals surface area contributed by atoms with Crippen molar-refractivity contribution < 1.29 is 14.7 Å². The molecule has 3 atom stereocenters. The summed E-state index contributed by atoms with van der Waals surface area (Å²) in [6.07, 6.45) is 2.49. The molecule has 1 rings (SSSR count). The third kappa shape index (κ3) is 2.97. The molecule has 0 bridgehead atoms. The second-order valence-corrected chi connectivity index (χ2v) is 5.18. The molecule has 0 radical (unpaired) electrons. The highest BCUT2D eigenvalue weighted by Crippen LogP contribution is 2.39. The van der Waals surface area contributed by atoms with Gasteiger partial charge in [-0.3, -0.25) is 4.79 Å². The first-order chi connectivity index (χ1) is 7.82. The number of carboxylic acid groups (broad SMARTS) is 1. The van der Waals surface area contributed by atoms with E-state index >= 15 is 0 Å². The molecule has 1 aliphatic rings. The normalized spacial score (nSPS) is 22.4. The first-order valence-corrected chi connectivity index (χ1v) is 6.14. The second kappa shape index (κ2) is 5.04. The number of amides is 1. The fraction of sp³-hybridized carbons (Fsp3) is 0.833. The Kier molecular flexibility index (Phi) is 4.14. The van der Waals surface area contributed by atoms with Crippen LogP contribution >= 0.6 is 0 Å². The molecule has 1 saturated carbocycles. The number of hydrogen-bond acceptors (Lipinski definition) is 3. The van der Waals surface area contributed by atoms with Crippen molar-refractivity contribution in [3.63, 3.8) is 0 Å². The van der Waals surface area contributed by atoms with Gasteiger partial charge in [0.05, 0.1) is 6.04 Å². The number of nitrogens with two attached hydrogens (primary N) is 1. The Morgan fingerprint density at radius 2 is 2.06 bits per heavy atom. The smallest absolute Gasteiger partial charge is 0.329 e. The summed E-state index contributed by atoms with van der Waals surface area (Å²) >= 11 is 0. The molecule has 0 saturated heterocycles. The molecular formula is C12H22N2O3. The maximum absolute atomic E-state index is 11.9. The van der Waals surface area contributed by atoms with Gasteiger partial charge >= 0.3 is 5.97 Å². The van der Waals surface area contributed by atoms with E-state index in [1.54, 1.807) is 6.92 Å². The van der Waals surface area contributed by atoms with Crippen molar-refractivity contribution in [3.05, 3.63) is 0 Å². The molecule has 0 aromatic carbocycles. The first kappa shape index (κ1) is 14.0. The standard InChI is InChI=1S/C12H22N2O3/c1-4-7(2)9(13)10(15)14-12(3,11(16)17)8-5-6-8/h7-9H,4-6,13H2,1-3H3,(H,14,15)(H,16,17)/t7?,9-,12?/m0/s1. The molecule has 0 spiro atoms. The maximum atomic E-state index is 11.9. The van der Waals surface area contributed by atoms with Crippen LogP contribution in [0, 0.1) is 11.8 Å². The summed E-state index contributed by atoms with van der Waals surface area (Å²) in [6.45, 7) is 5.41. The lowest BCUT2D eigenvalue weighted by atomic mass is 9.93. The van der Waals surface area contributed by atoms with Crippen LogP contribution in [0.2, 0.25) is 0 Å². The van der Waals surface area contributed by atoms with Gasteiger partial charge in [0.1, 0.15) is 5.54 Å². The minimum absolute atomic E-state index is 0.0353. The lowest BCUT2D eigenvalue weighted by molar-refractivity contribution is -0.148. The Morgan fingerprint density at radius 1 is 1.53 bits per heavy atom. The molecule has 0 aliphatic heterocycles. The van der Waals surface area contributed by atoms with Crippen LogP contribution < -0.4 is 11.1 Å². The van der Waals surface area contributed by atoms with Gasteiger partial charge in [0.15, 0.2) is 0 Å². The van der Waals surface area contributed by atoms with E-state index in [2.05, 4.69) is 5.32 Å². The highest BCUT2D eigenvalue weighted by atomic mass is 16.4. The topological polar surface area (TPSA) is 92.4 Å². The third-order valence-corrected chi connectivity index (χ3v) is 3.78. The summed E-state index contributed by atoms with van der Waals surface area (Å²) in [5.74, 6) is -1.26. The van der Waals surface area contributed by atoms with Gasteiger partial charge in [-0.25, -0.2) is 4.79 Å². The Balaban J connectivity index is 2.68. The molecule has 4 N–H and O–H groups in total. The summed E-state index contributed by atoms with van der Waals surface area (Å²) in [7, 11) is 0. The van der Waals surface area contributed by atoms with E-state index in [1.807, 2.05) is 13.8 Å². The number of carboxylic acids is 1. The summed E-state index contributed by atoms with van der Waals surface area (Å²) in [4.78, 5) is 23.1. The van der Waals surface area contributed by atoms with Gasteiger partial charge in [-0.2, -0.15) is 0 Å². The Hall–Kier alpha value is -1.10. The summed E-state index contributed by atoms with van der Waals surface area (Å²) in [5.41, 5.74) is 4.63. The maximum Gasteiger partial charge on any atom is 0.329 e. The molecule has 98 valence electrons. The van der Waals surface area contributed by atoms with Gasteiger partial charge in [0.2, 0.25) is 5.91 Å². The number of carbonyl (C=O) groups is 2. The van der Waals surface area contributed by atoms with E-state index in [4.69, 9.17) is 5.73 Å². The highest BCUT2D eigenvalue weighted by Gasteiger charge is 2.49. The van der Waals surface area contributed by atoms with Crippen LogP contribution in [-0.2, 0) is 9.59 Å². The number of hydrogen-bond donors (Lipinski definition) is 3. The van der Waals surface area contributed by atoms with Crippen LogP contribution in [0.25, 0.3) is 0 Å². The second-order valence-electron chi connectivity index (χ2n) is 5.18. The van der Waals surface area contributed by atoms with Crippen LogP contribution in [0.1, 0.15) is 40.0 Å². The van der Waals surface area contributed by atoms with Crippen LogP contribution in [0.4, 0.5) is 0 Å². The lowest BCUT2D eigenvalue weighted by Gasteiger charge is -2.29. The summed E-state index contributed by atoms with van der Waals surface area (Å²) < 4.78 is 0. The fourth-order valence-corrected chi connectivity index (χ4v) is 1.84. The Bertz CT molecular complexity index is 315. The van der Waals surface area contributed by atoms with Crippen LogP contribution in [-0.4, -0.2) is 28.6 Å². The predicted molar refractivity (Wildman–Crippen MR) is 64.3 cm³/mol. The average Bonchev–Trinajstić information content (AvgIpc) is 3.10. The van der Waals surface area contributed by atoms with E-state index in [0.717, 1.165) is 19.3 Å². The molecular weight excluding hydrogens is 220 g/mol. The Labute approximate surface area is 102 Å². The number of nitrogens with one attached hydrogen (secondary N) is 1. The van der Waals surface area contributed by atoms with E-state index in [9.17, 15) is 14.7 Å². The van der Waals surface area contributed by atoms with Gasteiger partial charge in [-0.1, -0.05) is 20.3 Å². The number of aliphatic carboxylic acids is 1. The van der Waals surface area contributed by atoms with E-state index < -0.39 is 17.6 Å². The van der Waals surface area contributed by atoms with Gasteiger partial charge in [0, 0.05) is 0 Å². The molecule has 0 aromatic rings. The van der Waals surface area contributed by atoms with Crippen molar-refractivity contribution >= 4 is 11.9 Å². The van der Waals surface area contributed by atoms with E-state index in [0.29, 0.717) is 0 Å². The van der Waals surface area contributed by atoms with Crippen molar-refractivity contribution in [1.29, 1.82) is 0 Å². The fourth-order valence-electron chi connectivity index (χ4n) is 1.84. The molecule has 1 fully saturated rings. The van der Waals surface area contributed by atoms with Gasteiger partial charge in [0.25, 0.3) is 0 Å². The molecule has 17 heavy (non-hydrogen) atoms. The summed E-state index contributed by atoms with van der Waals surface area (Å²) in [5, 5.41) is 11.8. The lowest BCUT2D eigenvalue weighted by Crippen LogP contribution is -2.58. The first-order valence-electron chi connectivity index (χ1n) is 6.14. The van der Waals surface area contributed by atoms with Crippen molar-refractivity contribution in [2.24, 2.45) is 17.6 Å². The van der Waals surface area contributed by atoms with Crippen molar-refractivity contribution in [1.82, 2.24) is 5.32 Å². The van der Waals surface area contributed by atoms with Crippen molar-refractivity contribution in [2.75, 3.05) is 0 Å². The molecule has 1 aliphatic carbocycles. The van der Waals surface area contributed by atoms with Gasteiger partial charge < -0.3 is 16.2 Å². The summed E-state index contributed by atoms with van der Waals surface area (Å²) in [6, 6.07) is -0.641. The zero-order valence-corrected chi connectivity index (χ0v) is 10.7. The van der Waals surface area contributed by atoms with Crippen LogP contribution in [0.5, 0.6) is 0 Å². The zero-order chi connectivity index (χ0) is 13.2. The number of carbonyl (C=O) groups excluding carboxylic acids is 1. The zero-order valence-electron chi connectivity index (χ0n) is 10.7. The van der Waals surface area contributed by atoms with Gasteiger partial charge in [-0.05, 0) is 31.6 Å². The predicted octanol–water partition coefficient (Wildman–Crippen LogP) is 0.729. The van der Waals surface area contributed by atoms with Crippen LogP contribution in [0.3, 0.4) is 0 Å². The molecule has 2 unspecified atom stereocenters. The Morgan fingerprint density at radius 3 is 2.41 bits per heavy atom. The molecule has 1 amide bonds. The molecule has 0 aromatic heterocycles. The SMILES string of the molecule is CCC(C)[C@H](N)C(=O)NC(C)(C(=O)O)C1CC1. The minimum Gasteiger partial charge on any atom is -0.480 e. The largest absolute Gasteiger partial charge is 0.480 e. The van der Waals surface area contributed by atoms with E-state index in [-0.39, 0.29) is 17.7 Å². The highest BCUT2D eigenvalue weighted by molar-refractivity contribution is 5.89. The minimum atomic E-state index is -1.16.